The highest BCUT2D eigenvalue weighted by Crippen LogP contribution is 2.30. The maximum absolute atomic E-state index is 12.5. The van der Waals surface area contributed by atoms with Crippen molar-refractivity contribution in [2.75, 3.05) is 11.9 Å². The van der Waals surface area contributed by atoms with Gasteiger partial charge in [0.1, 0.15) is 10.6 Å². The number of amides is 2. The largest absolute Gasteiger partial charge is 0.444 e. The number of rotatable bonds is 4. The Bertz CT molecular complexity index is 1050. The van der Waals surface area contributed by atoms with Gasteiger partial charge in [-0.3, -0.25) is 4.79 Å². The molecule has 0 spiro atoms. The molecule has 2 amide bonds. The fourth-order valence-electron chi connectivity index (χ4n) is 2.97. The van der Waals surface area contributed by atoms with Crippen LogP contribution < -0.4 is 5.32 Å². The summed E-state index contributed by atoms with van der Waals surface area (Å²) in [7, 11) is 0. The number of hydrogen-bond acceptors (Lipinski definition) is 8. The molecule has 7 nitrogen and oxygen atoms in total. The molecule has 1 N–H and O–H groups in total. The van der Waals surface area contributed by atoms with Crippen LogP contribution in [0.3, 0.4) is 0 Å². The van der Waals surface area contributed by atoms with Crippen molar-refractivity contribution < 1.29 is 14.3 Å². The maximum Gasteiger partial charge on any atom is 0.410 e. The molecule has 0 bridgehead atoms. The Labute approximate surface area is 186 Å². The summed E-state index contributed by atoms with van der Waals surface area (Å²) in [6.07, 6.45) is 0.531. The van der Waals surface area contributed by atoms with Gasteiger partial charge in [0.05, 0.1) is 24.4 Å². The van der Waals surface area contributed by atoms with E-state index in [-0.39, 0.29) is 18.4 Å². The lowest BCUT2D eigenvalue weighted by atomic mass is 10.2. The molecule has 3 aromatic heterocycles. The van der Waals surface area contributed by atoms with E-state index in [4.69, 9.17) is 4.74 Å². The van der Waals surface area contributed by atoms with Gasteiger partial charge in [-0.1, -0.05) is 11.3 Å². The van der Waals surface area contributed by atoms with Gasteiger partial charge < -0.3 is 15.0 Å². The minimum absolute atomic E-state index is 0.146. The maximum atomic E-state index is 12.5. The Balaban J connectivity index is 1.35. The molecule has 10 heteroatoms. The molecule has 0 saturated carbocycles. The Kier molecular flexibility index (Phi) is 5.90. The minimum atomic E-state index is -0.525. The van der Waals surface area contributed by atoms with E-state index < -0.39 is 5.60 Å². The Morgan fingerprint density at radius 3 is 2.83 bits per heavy atom. The third-order valence-corrected chi connectivity index (χ3v) is 6.91. The molecule has 0 aromatic carbocycles. The Hall–Kier alpha value is -2.30. The number of carbonyl (C=O) groups is 2. The summed E-state index contributed by atoms with van der Waals surface area (Å²) >= 11 is 4.57. The third-order valence-electron chi connectivity index (χ3n) is 4.29. The zero-order chi connectivity index (χ0) is 21.3. The van der Waals surface area contributed by atoms with Crippen molar-refractivity contribution in [1.29, 1.82) is 0 Å². The van der Waals surface area contributed by atoms with Crippen molar-refractivity contribution in [3.8, 4) is 10.6 Å². The summed E-state index contributed by atoms with van der Waals surface area (Å²) in [5, 5.41) is 10.3. The Morgan fingerprint density at radius 1 is 1.27 bits per heavy atom. The van der Waals surface area contributed by atoms with Crippen molar-refractivity contribution in [3.63, 3.8) is 0 Å². The summed E-state index contributed by atoms with van der Waals surface area (Å²) in [6, 6.07) is 2.02. The van der Waals surface area contributed by atoms with Gasteiger partial charge in [0.2, 0.25) is 5.91 Å². The number of nitrogens with zero attached hydrogens (tertiary/aromatic N) is 3. The number of nitrogens with one attached hydrogen (secondary N) is 1. The number of anilines is 1. The summed E-state index contributed by atoms with van der Waals surface area (Å²) in [6.45, 7) is 6.57. The van der Waals surface area contributed by atoms with Gasteiger partial charge in [0.25, 0.3) is 0 Å². The van der Waals surface area contributed by atoms with Gasteiger partial charge >= 0.3 is 6.09 Å². The molecule has 0 atom stereocenters. The first kappa shape index (κ1) is 21.0. The molecule has 0 radical (unpaired) electrons. The van der Waals surface area contributed by atoms with Crippen LogP contribution in [0.1, 0.15) is 37.0 Å². The predicted molar refractivity (Wildman–Crippen MR) is 120 cm³/mol. The number of thiophene rings is 1. The van der Waals surface area contributed by atoms with Crippen LogP contribution in [0.2, 0.25) is 0 Å². The van der Waals surface area contributed by atoms with Gasteiger partial charge in [0, 0.05) is 34.2 Å². The van der Waals surface area contributed by atoms with E-state index in [1.54, 1.807) is 16.2 Å². The fourth-order valence-corrected chi connectivity index (χ4v) is 5.54. The highest BCUT2D eigenvalue weighted by Gasteiger charge is 2.28. The fraction of sp³-hybridized carbons (Fsp3) is 0.400. The van der Waals surface area contributed by atoms with E-state index in [9.17, 15) is 9.59 Å². The lowest BCUT2D eigenvalue weighted by molar-refractivity contribution is -0.115. The van der Waals surface area contributed by atoms with Gasteiger partial charge in [-0.05, 0) is 32.2 Å². The molecule has 0 unspecified atom stereocenters. The van der Waals surface area contributed by atoms with Crippen LogP contribution in [-0.2, 0) is 28.9 Å². The van der Waals surface area contributed by atoms with Crippen molar-refractivity contribution in [2.45, 2.75) is 45.8 Å². The first-order chi connectivity index (χ1) is 14.3. The topological polar surface area (TPSA) is 84.4 Å². The van der Waals surface area contributed by atoms with Gasteiger partial charge in [-0.2, -0.15) is 11.3 Å². The highest BCUT2D eigenvalue weighted by molar-refractivity contribution is 7.16. The molecule has 0 fully saturated rings. The van der Waals surface area contributed by atoms with Crippen LogP contribution in [0.25, 0.3) is 10.6 Å². The predicted octanol–water partition coefficient (Wildman–Crippen LogP) is 4.80. The van der Waals surface area contributed by atoms with Crippen LogP contribution in [0.5, 0.6) is 0 Å². The van der Waals surface area contributed by atoms with Crippen LogP contribution in [0.15, 0.2) is 22.2 Å². The van der Waals surface area contributed by atoms with E-state index in [1.807, 2.05) is 43.0 Å². The lowest BCUT2D eigenvalue weighted by Crippen LogP contribution is -2.39. The summed E-state index contributed by atoms with van der Waals surface area (Å²) in [4.78, 5) is 36.5. The second-order valence-electron chi connectivity index (χ2n) is 7.92. The Morgan fingerprint density at radius 2 is 2.10 bits per heavy atom. The normalized spacial score (nSPS) is 13.8. The van der Waals surface area contributed by atoms with Gasteiger partial charge in [-0.15, -0.1) is 11.3 Å². The number of aromatic nitrogens is 2. The zero-order valence-corrected chi connectivity index (χ0v) is 19.4. The van der Waals surface area contributed by atoms with Gasteiger partial charge in [0.15, 0.2) is 5.13 Å². The number of hydrogen-bond donors (Lipinski definition) is 1. The molecule has 0 saturated heterocycles. The van der Waals surface area contributed by atoms with E-state index >= 15 is 0 Å². The summed E-state index contributed by atoms with van der Waals surface area (Å²) in [5.74, 6) is -0.146. The number of thiazole rings is 2. The van der Waals surface area contributed by atoms with E-state index in [2.05, 4.69) is 15.3 Å². The molecule has 4 rings (SSSR count). The van der Waals surface area contributed by atoms with Crippen molar-refractivity contribution in [1.82, 2.24) is 14.9 Å². The van der Waals surface area contributed by atoms with Crippen molar-refractivity contribution in [2.24, 2.45) is 0 Å². The van der Waals surface area contributed by atoms with Crippen molar-refractivity contribution in [3.05, 3.63) is 38.5 Å². The number of fused-ring (bicyclic) bond motifs is 1. The molecule has 1 aliphatic rings. The van der Waals surface area contributed by atoms with Crippen LogP contribution >= 0.6 is 34.0 Å². The molecule has 4 heterocycles. The second kappa shape index (κ2) is 8.44. The smallest absolute Gasteiger partial charge is 0.410 e. The molecule has 1 aliphatic heterocycles. The van der Waals surface area contributed by atoms with Crippen LogP contribution in [0, 0.1) is 0 Å². The van der Waals surface area contributed by atoms with E-state index in [1.165, 1.54) is 22.7 Å². The van der Waals surface area contributed by atoms with Gasteiger partial charge in [-0.25, -0.2) is 14.8 Å². The van der Waals surface area contributed by atoms with E-state index in [0.29, 0.717) is 24.6 Å². The monoisotopic (exact) mass is 462 g/mol. The first-order valence-electron chi connectivity index (χ1n) is 9.50. The van der Waals surface area contributed by atoms with Crippen LogP contribution in [-0.4, -0.2) is 39.0 Å². The van der Waals surface area contributed by atoms with Crippen molar-refractivity contribution >= 4 is 51.1 Å². The third kappa shape index (κ3) is 5.05. The molecular formula is C20H22N4O3S3. The molecule has 0 aliphatic carbocycles. The van der Waals surface area contributed by atoms with Crippen LogP contribution in [0.4, 0.5) is 9.93 Å². The quantitative estimate of drug-likeness (QED) is 0.602. The average Bonchev–Trinajstić information content (AvgIpc) is 3.39. The molecule has 158 valence electrons. The highest BCUT2D eigenvalue weighted by atomic mass is 32.1. The standard InChI is InChI=1S/C20H22N4O3S3/c1-20(2,3)27-19(26)24-6-4-14-15(9-24)30-18(22-14)23-16(25)8-13-11-29-17(21-13)12-5-7-28-10-12/h5,7,10-11H,4,6,8-9H2,1-3H3,(H,22,23,25). The molecular weight excluding hydrogens is 440 g/mol. The summed E-state index contributed by atoms with van der Waals surface area (Å²) < 4.78 is 5.45. The average molecular weight is 463 g/mol. The second-order valence-corrected chi connectivity index (χ2v) is 10.6. The SMILES string of the molecule is CC(C)(C)OC(=O)N1CCc2nc(NC(=O)Cc3csc(-c4ccsc4)n3)sc2C1. The minimum Gasteiger partial charge on any atom is -0.444 e. The number of ether oxygens (including phenoxy) is 1. The first-order valence-corrected chi connectivity index (χ1v) is 12.1. The number of carbonyl (C=O) groups excluding carboxylic acids is 2. The molecule has 3 aromatic rings. The van der Waals surface area contributed by atoms with E-state index in [0.717, 1.165) is 26.8 Å². The zero-order valence-electron chi connectivity index (χ0n) is 16.9. The lowest BCUT2D eigenvalue weighted by Gasteiger charge is -2.29. The molecule has 30 heavy (non-hydrogen) atoms. The summed E-state index contributed by atoms with van der Waals surface area (Å²) in [5.41, 5.74) is 2.24.